The van der Waals surface area contributed by atoms with E-state index in [9.17, 15) is 13.2 Å². The van der Waals surface area contributed by atoms with E-state index in [2.05, 4.69) is 0 Å². The standard InChI is InChI=1S/C13H16O4S/c1-18(15,16)8-2-3-12(14)10-4-5-13-11(9-10)6-7-17-13/h4-5,9H,2-3,6-8H2,1H3. The molecule has 1 aromatic carbocycles. The summed E-state index contributed by atoms with van der Waals surface area (Å²) < 4.78 is 27.3. The summed E-state index contributed by atoms with van der Waals surface area (Å²) in [6.07, 6.45) is 2.67. The van der Waals surface area contributed by atoms with Crippen molar-refractivity contribution in [3.8, 4) is 5.75 Å². The summed E-state index contributed by atoms with van der Waals surface area (Å²) in [5, 5.41) is 0. The Morgan fingerprint density at radius 2 is 2.17 bits per heavy atom. The number of carbonyl (C=O) groups is 1. The van der Waals surface area contributed by atoms with Gasteiger partial charge in [-0.15, -0.1) is 0 Å². The molecule has 1 aliphatic heterocycles. The number of rotatable bonds is 5. The van der Waals surface area contributed by atoms with Crippen LogP contribution >= 0.6 is 0 Å². The van der Waals surface area contributed by atoms with Crippen LogP contribution in [0.4, 0.5) is 0 Å². The van der Waals surface area contributed by atoms with Crippen molar-refractivity contribution in [3.05, 3.63) is 29.3 Å². The van der Waals surface area contributed by atoms with Gasteiger partial charge in [0.15, 0.2) is 5.78 Å². The van der Waals surface area contributed by atoms with E-state index >= 15 is 0 Å². The molecule has 5 heteroatoms. The number of hydrogen-bond donors (Lipinski definition) is 0. The third kappa shape index (κ3) is 3.32. The van der Waals surface area contributed by atoms with Gasteiger partial charge in [0, 0.05) is 24.7 Å². The zero-order chi connectivity index (χ0) is 13.2. The van der Waals surface area contributed by atoms with E-state index in [0.29, 0.717) is 18.6 Å². The summed E-state index contributed by atoms with van der Waals surface area (Å²) in [6.45, 7) is 0.668. The smallest absolute Gasteiger partial charge is 0.162 e. The molecular weight excluding hydrogens is 252 g/mol. The molecule has 18 heavy (non-hydrogen) atoms. The Morgan fingerprint density at radius 3 is 2.89 bits per heavy atom. The first-order chi connectivity index (χ1) is 8.46. The van der Waals surface area contributed by atoms with Crippen molar-refractivity contribution in [2.24, 2.45) is 0 Å². The van der Waals surface area contributed by atoms with E-state index in [1.807, 2.05) is 12.1 Å². The van der Waals surface area contributed by atoms with Gasteiger partial charge in [-0.2, -0.15) is 0 Å². The topological polar surface area (TPSA) is 60.4 Å². The number of hydrogen-bond acceptors (Lipinski definition) is 4. The minimum Gasteiger partial charge on any atom is -0.493 e. The number of fused-ring (bicyclic) bond motifs is 1. The molecule has 98 valence electrons. The molecule has 0 unspecified atom stereocenters. The molecule has 0 aliphatic carbocycles. The number of carbonyl (C=O) groups excluding carboxylic acids is 1. The lowest BCUT2D eigenvalue weighted by Gasteiger charge is -2.03. The molecule has 0 spiro atoms. The van der Waals surface area contributed by atoms with E-state index in [1.54, 1.807) is 6.07 Å². The highest BCUT2D eigenvalue weighted by Crippen LogP contribution is 2.26. The number of benzene rings is 1. The molecule has 1 aromatic rings. The molecule has 4 nitrogen and oxygen atoms in total. The molecule has 0 saturated carbocycles. The van der Waals surface area contributed by atoms with Gasteiger partial charge in [-0.3, -0.25) is 4.79 Å². The molecule has 0 bridgehead atoms. The van der Waals surface area contributed by atoms with Crippen LogP contribution in [0.2, 0.25) is 0 Å². The second-order valence-corrected chi connectivity index (χ2v) is 6.84. The molecule has 1 heterocycles. The molecule has 0 atom stereocenters. The zero-order valence-electron chi connectivity index (χ0n) is 10.3. The molecule has 1 aliphatic rings. The van der Waals surface area contributed by atoms with Crippen molar-refractivity contribution < 1.29 is 17.9 Å². The van der Waals surface area contributed by atoms with Crippen molar-refractivity contribution in [2.75, 3.05) is 18.6 Å². The maximum absolute atomic E-state index is 11.9. The quantitative estimate of drug-likeness (QED) is 0.761. The maximum Gasteiger partial charge on any atom is 0.162 e. The summed E-state index contributed by atoms with van der Waals surface area (Å²) in [5.74, 6) is 0.906. The number of sulfone groups is 1. The van der Waals surface area contributed by atoms with Crippen LogP contribution in [-0.4, -0.2) is 32.8 Å². The molecular formula is C13H16O4S. The van der Waals surface area contributed by atoms with E-state index in [4.69, 9.17) is 4.74 Å². The van der Waals surface area contributed by atoms with Crippen LogP contribution in [0.3, 0.4) is 0 Å². The predicted octanol–water partition coefficient (Wildman–Crippen LogP) is 1.63. The third-order valence-corrected chi connectivity index (χ3v) is 3.96. The normalized spacial score (nSPS) is 14.1. The minimum atomic E-state index is -2.98. The van der Waals surface area contributed by atoms with Gasteiger partial charge in [0.25, 0.3) is 0 Å². The van der Waals surface area contributed by atoms with Gasteiger partial charge in [0.05, 0.1) is 12.4 Å². The van der Waals surface area contributed by atoms with Crippen LogP contribution in [-0.2, 0) is 16.3 Å². The Hall–Kier alpha value is -1.36. The Kier molecular flexibility index (Phi) is 3.71. The fraction of sp³-hybridized carbons (Fsp3) is 0.462. The van der Waals surface area contributed by atoms with Crippen LogP contribution in [0, 0.1) is 0 Å². The van der Waals surface area contributed by atoms with E-state index in [0.717, 1.165) is 17.7 Å². The second-order valence-electron chi connectivity index (χ2n) is 4.58. The highest BCUT2D eigenvalue weighted by Gasteiger charge is 2.15. The molecule has 0 N–H and O–H groups in total. The van der Waals surface area contributed by atoms with Crippen LogP contribution in [0.5, 0.6) is 5.75 Å². The molecule has 0 aromatic heterocycles. The Bertz CT molecular complexity index is 560. The molecule has 0 radical (unpaired) electrons. The average Bonchev–Trinajstić information content (AvgIpc) is 2.73. The minimum absolute atomic E-state index is 0.00616. The fourth-order valence-corrected chi connectivity index (χ4v) is 2.67. The number of ketones is 1. The van der Waals surface area contributed by atoms with E-state index < -0.39 is 9.84 Å². The van der Waals surface area contributed by atoms with Crippen LogP contribution in [0.25, 0.3) is 0 Å². The lowest BCUT2D eigenvalue weighted by atomic mass is 10.0. The summed E-state index contributed by atoms with van der Waals surface area (Å²) in [4.78, 5) is 11.9. The third-order valence-electron chi connectivity index (χ3n) is 2.93. The van der Waals surface area contributed by atoms with Gasteiger partial charge in [-0.25, -0.2) is 8.42 Å². The largest absolute Gasteiger partial charge is 0.493 e. The first-order valence-electron chi connectivity index (χ1n) is 5.92. The lowest BCUT2D eigenvalue weighted by Crippen LogP contribution is -2.06. The lowest BCUT2D eigenvalue weighted by molar-refractivity contribution is 0.0982. The monoisotopic (exact) mass is 268 g/mol. The van der Waals surface area contributed by atoms with E-state index in [-0.39, 0.29) is 18.0 Å². The molecule has 2 rings (SSSR count). The molecule has 0 amide bonds. The van der Waals surface area contributed by atoms with Crippen LogP contribution in [0.15, 0.2) is 18.2 Å². The molecule has 0 saturated heterocycles. The summed E-state index contributed by atoms with van der Waals surface area (Å²) >= 11 is 0. The first-order valence-corrected chi connectivity index (χ1v) is 7.98. The fourth-order valence-electron chi connectivity index (χ4n) is 2.00. The Balaban J connectivity index is 1.97. The van der Waals surface area contributed by atoms with Crippen molar-refractivity contribution in [1.82, 2.24) is 0 Å². The number of ether oxygens (including phenoxy) is 1. The van der Waals surface area contributed by atoms with Crippen molar-refractivity contribution >= 4 is 15.6 Å². The van der Waals surface area contributed by atoms with Crippen molar-refractivity contribution in [2.45, 2.75) is 19.3 Å². The van der Waals surface area contributed by atoms with Gasteiger partial charge >= 0.3 is 0 Å². The Labute approximate surface area is 107 Å². The van der Waals surface area contributed by atoms with Gasteiger partial charge in [0.2, 0.25) is 0 Å². The average molecular weight is 268 g/mol. The molecule has 0 fully saturated rings. The van der Waals surface area contributed by atoms with Crippen molar-refractivity contribution in [3.63, 3.8) is 0 Å². The zero-order valence-corrected chi connectivity index (χ0v) is 11.1. The van der Waals surface area contributed by atoms with Gasteiger partial charge < -0.3 is 4.74 Å². The Morgan fingerprint density at radius 1 is 1.39 bits per heavy atom. The van der Waals surface area contributed by atoms with Crippen LogP contribution in [0.1, 0.15) is 28.8 Å². The number of Topliss-reactive ketones (excluding diaryl/α,β-unsaturated/α-hetero) is 1. The summed E-state index contributed by atoms with van der Waals surface area (Å²) in [5.41, 5.74) is 1.71. The van der Waals surface area contributed by atoms with E-state index in [1.165, 1.54) is 6.26 Å². The second kappa shape index (κ2) is 5.10. The maximum atomic E-state index is 11.9. The summed E-state index contributed by atoms with van der Waals surface area (Å²) in [6, 6.07) is 5.41. The summed E-state index contributed by atoms with van der Waals surface area (Å²) in [7, 11) is -2.98. The highest BCUT2D eigenvalue weighted by molar-refractivity contribution is 7.90. The predicted molar refractivity (Wildman–Crippen MR) is 68.9 cm³/mol. The van der Waals surface area contributed by atoms with Crippen molar-refractivity contribution in [1.29, 1.82) is 0 Å². The van der Waals surface area contributed by atoms with Gasteiger partial charge in [-0.1, -0.05) is 0 Å². The SMILES string of the molecule is CS(=O)(=O)CCCC(=O)c1ccc2c(c1)CCO2. The van der Waals surface area contributed by atoms with Gasteiger partial charge in [0.1, 0.15) is 15.6 Å². The first kappa shape index (κ1) is 13.1. The highest BCUT2D eigenvalue weighted by atomic mass is 32.2. The van der Waals surface area contributed by atoms with Gasteiger partial charge in [-0.05, 0) is 30.2 Å². The van der Waals surface area contributed by atoms with Crippen LogP contribution < -0.4 is 4.74 Å².